The topological polar surface area (TPSA) is 68.2 Å². The second-order valence-corrected chi connectivity index (χ2v) is 4.85. The second kappa shape index (κ2) is 6.42. The van der Waals surface area contributed by atoms with Gasteiger partial charge in [0.2, 0.25) is 0 Å². The maximum absolute atomic E-state index is 5.74. The van der Waals surface area contributed by atoms with E-state index in [1.807, 2.05) is 6.07 Å². The van der Waals surface area contributed by atoms with Crippen molar-refractivity contribution < 1.29 is 0 Å². The number of rotatable bonds is 5. The molecule has 1 aliphatic carbocycles. The smallest absolute Gasteiger partial charge is 0.188 e. The molecule has 1 aliphatic rings. The van der Waals surface area contributed by atoms with E-state index in [9.17, 15) is 0 Å². The molecular weight excluding hydrogens is 226 g/mol. The Morgan fingerprint density at radius 3 is 3.06 bits per heavy atom. The van der Waals surface area contributed by atoms with Gasteiger partial charge in [0, 0.05) is 12.7 Å². The minimum atomic E-state index is 0.507. The molecule has 0 unspecified atom stereocenters. The summed E-state index contributed by atoms with van der Waals surface area (Å²) in [7, 11) is 0. The Kier molecular flexibility index (Phi) is 4.61. The van der Waals surface area contributed by atoms with E-state index in [-0.39, 0.29) is 0 Å². The van der Waals surface area contributed by atoms with Crippen molar-refractivity contribution in [3.63, 3.8) is 0 Å². The van der Waals surface area contributed by atoms with Crippen LogP contribution in [0.15, 0.2) is 17.3 Å². The minimum Gasteiger partial charge on any atom is -0.370 e. The molecule has 5 heteroatoms. The highest BCUT2D eigenvalue weighted by Crippen LogP contribution is 2.28. The number of aromatic nitrogens is 2. The van der Waals surface area contributed by atoms with Crippen molar-refractivity contribution in [2.24, 2.45) is 10.7 Å². The van der Waals surface area contributed by atoms with Crippen molar-refractivity contribution in [2.75, 3.05) is 6.54 Å². The molecule has 100 valence electrons. The summed E-state index contributed by atoms with van der Waals surface area (Å²) in [6.07, 6.45) is 8.27. The molecule has 0 amide bonds. The van der Waals surface area contributed by atoms with Gasteiger partial charge < -0.3 is 11.1 Å². The van der Waals surface area contributed by atoms with Gasteiger partial charge in [0.25, 0.3) is 0 Å². The van der Waals surface area contributed by atoms with E-state index in [4.69, 9.17) is 5.73 Å². The summed E-state index contributed by atoms with van der Waals surface area (Å²) in [6, 6.07) is 2.63. The number of nitrogens with zero attached hydrogens (tertiary/aromatic N) is 3. The van der Waals surface area contributed by atoms with Crippen molar-refractivity contribution in [3.8, 4) is 0 Å². The SMILES string of the molecule is CCCNC(N)=NCc1ccn(C2CCCC2)n1. The van der Waals surface area contributed by atoms with Gasteiger partial charge in [-0.3, -0.25) is 4.68 Å². The number of nitrogens with two attached hydrogens (primary N) is 1. The van der Waals surface area contributed by atoms with Crippen LogP contribution in [0.2, 0.25) is 0 Å². The molecule has 1 aromatic heterocycles. The number of aliphatic imine (C=N–C) groups is 1. The summed E-state index contributed by atoms with van der Waals surface area (Å²) in [5, 5.41) is 7.63. The van der Waals surface area contributed by atoms with Crippen LogP contribution in [-0.2, 0) is 6.54 Å². The fraction of sp³-hybridized carbons (Fsp3) is 0.692. The predicted molar refractivity (Wildman–Crippen MR) is 73.4 cm³/mol. The lowest BCUT2D eigenvalue weighted by atomic mass is 10.3. The third-order valence-corrected chi connectivity index (χ3v) is 3.33. The number of guanidine groups is 1. The Labute approximate surface area is 108 Å². The molecule has 0 bridgehead atoms. The van der Waals surface area contributed by atoms with Gasteiger partial charge in [0.15, 0.2) is 5.96 Å². The van der Waals surface area contributed by atoms with Gasteiger partial charge in [-0.2, -0.15) is 5.10 Å². The Morgan fingerprint density at radius 2 is 2.33 bits per heavy atom. The molecule has 1 fully saturated rings. The van der Waals surface area contributed by atoms with Crippen molar-refractivity contribution in [1.29, 1.82) is 0 Å². The Morgan fingerprint density at radius 1 is 1.56 bits per heavy atom. The van der Waals surface area contributed by atoms with Crippen LogP contribution in [0, 0.1) is 0 Å². The van der Waals surface area contributed by atoms with E-state index in [1.54, 1.807) is 0 Å². The molecule has 0 radical (unpaired) electrons. The first-order valence-electron chi connectivity index (χ1n) is 6.87. The van der Waals surface area contributed by atoms with Gasteiger partial charge in [0.1, 0.15) is 0 Å². The van der Waals surface area contributed by atoms with E-state index in [1.165, 1.54) is 25.7 Å². The largest absolute Gasteiger partial charge is 0.370 e. The highest BCUT2D eigenvalue weighted by molar-refractivity contribution is 5.77. The molecule has 2 rings (SSSR count). The van der Waals surface area contributed by atoms with Crippen molar-refractivity contribution in [2.45, 2.75) is 51.6 Å². The molecule has 0 saturated heterocycles. The van der Waals surface area contributed by atoms with Crippen LogP contribution < -0.4 is 11.1 Å². The summed E-state index contributed by atoms with van der Waals surface area (Å²) in [5.41, 5.74) is 6.73. The van der Waals surface area contributed by atoms with Crippen LogP contribution in [0.5, 0.6) is 0 Å². The van der Waals surface area contributed by atoms with E-state index < -0.39 is 0 Å². The minimum absolute atomic E-state index is 0.507. The maximum atomic E-state index is 5.74. The predicted octanol–water partition coefficient (Wildman–Crippen LogP) is 1.81. The highest BCUT2D eigenvalue weighted by atomic mass is 15.3. The quantitative estimate of drug-likeness (QED) is 0.617. The Bertz CT molecular complexity index is 390. The second-order valence-electron chi connectivity index (χ2n) is 4.85. The van der Waals surface area contributed by atoms with Gasteiger partial charge >= 0.3 is 0 Å². The molecule has 0 atom stereocenters. The first-order valence-corrected chi connectivity index (χ1v) is 6.87. The number of hydrogen-bond acceptors (Lipinski definition) is 2. The molecular formula is C13H23N5. The van der Waals surface area contributed by atoms with Crippen LogP contribution in [0.3, 0.4) is 0 Å². The zero-order valence-electron chi connectivity index (χ0n) is 11.1. The van der Waals surface area contributed by atoms with Crippen molar-refractivity contribution >= 4 is 5.96 Å². The van der Waals surface area contributed by atoms with Crippen LogP contribution in [0.1, 0.15) is 50.8 Å². The zero-order valence-corrected chi connectivity index (χ0v) is 11.1. The summed E-state index contributed by atoms with van der Waals surface area (Å²) in [5.74, 6) is 0.507. The third kappa shape index (κ3) is 3.48. The maximum Gasteiger partial charge on any atom is 0.188 e. The lowest BCUT2D eigenvalue weighted by Gasteiger charge is -2.08. The standard InChI is InChI=1S/C13H23N5/c1-2-8-15-13(14)16-10-11-7-9-18(17-11)12-5-3-4-6-12/h7,9,12H,2-6,8,10H2,1H3,(H3,14,15,16). The summed E-state index contributed by atoms with van der Waals surface area (Å²) in [6.45, 7) is 3.53. The average molecular weight is 249 g/mol. The van der Waals surface area contributed by atoms with Gasteiger partial charge in [-0.15, -0.1) is 0 Å². The summed E-state index contributed by atoms with van der Waals surface area (Å²) < 4.78 is 2.09. The van der Waals surface area contributed by atoms with Gasteiger partial charge in [-0.05, 0) is 25.3 Å². The summed E-state index contributed by atoms with van der Waals surface area (Å²) >= 11 is 0. The van der Waals surface area contributed by atoms with Gasteiger partial charge in [-0.1, -0.05) is 19.8 Å². The van der Waals surface area contributed by atoms with E-state index >= 15 is 0 Å². The highest BCUT2D eigenvalue weighted by Gasteiger charge is 2.17. The van der Waals surface area contributed by atoms with Crippen LogP contribution >= 0.6 is 0 Å². The molecule has 1 aromatic rings. The first-order chi connectivity index (χ1) is 8.79. The van der Waals surface area contributed by atoms with Crippen molar-refractivity contribution in [3.05, 3.63) is 18.0 Å². The molecule has 0 aliphatic heterocycles. The number of nitrogens with one attached hydrogen (secondary N) is 1. The van der Waals surface area contributed by atoms with Crippen LogP contribution in [0.25, 0.3) is 0 Å². The van der Waals surface area contributed by atoms with E-state index in [0.717, 1.165) is 18.7 Å². The average Bonchev–Trinajstić information content (AvgIpc) is 3.03. The van der Waals surface area contributed by atoms with E-state index in [2.05, 4.69) is 33.2 Å². The van der Waals surface area contributed by atoms with Crippen LogP contribution in [0.4, 0.5) is 0 Å². The monoisotopic (exact) mass is 249 g/mol. The fourth-order valence-electron chi connectivity index (χ4n) is 2.31. The molecule has 0 spiro atoms. The Balaban J connectivity index is 1.86. The fourth-order valence-corrected chi connectivity index (χ4v) is 2.31. The van der Waals surface area contributed by atoms with E-state index in [0.29, 0.717) is 18.5 Å². The molecule has 18 heavy (non-hydrogen) atoms. The van der Waals surface area contributed by atoms with Gasteiger partial charge in [-0.25, -0.2) is 4.99 Å². The lowest BCUT2D eigenvalue weighted by Crippen LogP contribution is -2.32. The molecule has 5 nitrogen and oxygen atoms in total. The van der Waals surface area contributed by atoms with Crippen molar-refractivity contribution in [1.82, 2.24) is 15.1 Å². The molecule has 1 saturated carbocycles. The molecule has 0 aromatic carbocycles. The first kappa shape index (κ1) is 12.9. The Hall–Kier alpha value is -1.52. The third-order valence-electron chi connectivity index (χ3n) is 3.33. The molecule has 3 N–H and O–H groups in total. The number of hydrogen-bond donors (Lipinski definition) is 2. The van der Waals surface area contributed by atoms with Crippen LogP contribution in [-0.4, -0.2) is 22.3 Å². The van der Waals surface area contributed by atoms with Gasteiger partial charge in [0.05, 0.1) is 18.3 Å². The normalized spacial score (nSPS) is 17.3. The molecule has 1 heterocycles. The lowest BCUT2D eigenvalue weighted by molar-refractivity contribution is 0.463. The summed E-state index contributed by atoms with van der Waals surface area (Å²) in [4.78, 5) is 4.28. The zero-order chi connectivity index (χ0) is 12.8.